The fourth-order valence-electron chi connectivity index (χ4n) is 2.65. The van der Waals surface area contributed by atoms with Gasteiger partial charge >= 0.3 is 0 Å². The molecule has 1 aliphatic rings. The molecule has 1 aromatic carbocycles. The molecule has 0 aliphatic carbocycles. The lowest BCUT2D eigenvalue weighted by Crippen LogP contribution is -2.40. The van der Waals surface area contributed by atoms with Crippen molar-refractivity contribution in [1.82, 2.24) is 10.2 Å². The Balaban J connectivity index is 1.73. The van der Waals surface area contributed by atoms with Gasteiger partial charge in [-0.05, 0) is 50.9 Å². The highest BCUT2D eigenvalue weighted by Gasteiger charge is 2.18. The Morgan fingerprint density at radius 3 is 2.76 bits per heavy atom. The smallest absolute Gasteiger partial charge is 0.220 e. The van der Waals surface area contributed by atoms with Gasteiger partial charge in [-0.1, -0.05) is 35.3 Å². The van der Waals surface area contributed by atoms with Crippen molar-refractivity contribution >= 4 is 29.1 Å². The summed E-state index contributed by atoms with van der Waals surface area (Å²) in [6, 6.07) is 5.93. The molecule has 2 rings (SSSR count). The first-order valence-electron chi connectivity index (χ1n) is 7.51. The van der Waals surface area contributed by atoms with Gasteiger partial charge < -0.3 is 5.32 Å². The number of nitrogens with zero attached hydrogens (tertiary/aromatic N) is 1. The third-order valence-corrected chi connectivity index (χ3v) is 4.87. The van der Waals surface area contributed by atoms with E-state index in [2.05, 4.69) is 17.1 Å². The first-order valence-corrected chi connectivity index (χ1v) is 8.27. The predicted molar refractivity (Wildman–Crippen MR) is 88.1 cm³/mol. The van der Waals surface area contributed by atoms with Crippen molar-refractivity contribution in [2.75, 3.05) is 19.6 Å². The molecule has 1 N–H and O–H groups in total. The summed E-state index contributed by atoms with van der Waals surface area (Å²) in [5, 5.41) is 4.10. The van der Waals surface area contributed by atoms with Crippen LogP contribution in [0, 0.1) is 0 Å². The minimum absolute atomic E-state index is 0.0667. The Hall–Kier alpha value is -0.770. The lowest BCUT2D eigenvalue weighted by Gasteiger charge is -2.23. The quantitative estimate of drug-likeness (QED) is 0.866. The number of carbonyl (C=O) groups is 1. The standard InChI is InChI=1S/C16H22Cl2N2O/c1-12(20-9-2-3-10-20)11-19-15(21)8-7-13-5-4-6-14(17)16(13)18/h4-6,12H,2-3,7-11H2,1H3,(H,19,21)/t12-/m1/s1. The summed E-state index contributed by atoms with van der Waals surface area (Å²) in [7, 11) is 0. The molecule has 0 unspecified atom stereocenters. The van der Waals surface area contributed by atoms with Gasteiger partial charge in [-0.25, -0.2) is 0 Å². The zero-order valence-corrected chi connectivity index (χ0v) is 13.9. The van der Waals surface area contributed by atoms with Crippen molar-refractivity contribution < 1.29 is 4.79 Å². The van der Waals surface area contributed by atoms with Crippen LogP contribution in [-0.4, -0.2) is 36.5 Å². The fraction of sp³-hybridized carbons (Fsp3) is 0.562. The van der Waals surface area contributed by atoms with E-state index in [0.29, 0.717) is 35.5 Å². The molecule has 0 saturated carbocycles. The Bertz CT molecular complexity index is 487. The highest BCUT2D eigenvalue weighted by molar-refractivity contribution is 6.42. The van der Waals surface area contributed by atoms with E-state index in [9.17, 15) is 4.79 Å². The summed E-state index contributed by atoms with van der Waals surface area (Å²) in [5.41, 5.74) is 0.923. The monoisotopic (exact) mass is 328 g/mol. The molecule has 1 aliphatic heterocycles. The van der Waals surface area contributed by atoms with Crippen LogP contribution in [0.5, 0.6) is 0 Å². The van der Waals surface area contributed by atoms with Crippen LogP contribution in [0.1, 0.15) is 31.7 Å². The van der Waals surface area contributed by atoms with Crippen LogP contribution in [0.3, 0.4) is 0 Å². The van der Waals surface area contributed by atoms with Crippen molar-refractivity contribution in [3.05, 3.63) is 33.8 Å². The maximum absolute atomic E-state index is 11.9. The molecule has 1 atom stereocenters. The molecule has 116 valence electrons. The van der Waals surface area contributed by atoms with Crippen LogP contribution in [0.25, 0.3) is 0 Å². The predicted octanol–water partition coefficient (Wildman–Crippen LogP) is 3.53. The molecule has 21 heavy (non-hydrogen) atoms. The maximum atomic E-state index is 11.9. The first kappa shape index (κ1) is 16.6. The van der Waals surface area contributed by atoms with Crippen LogP contribution in [-0.2, 0) is 11.2 Å². The molecular weight excluding hydrogens is 307 g/mol. The fourth-order valence-corrected chi connectivity index (χ4v) is 3.07. The van der Waals surface area contributed by atoms with Crippen LogP contribution < -0.4 is 5.32 Å². The maximum Gasteiger partial charge on any atom is 0.220 e. The number of rotatable bonds is 6. The number of benzene rings is 1. The topological polar surface area (TPSA) is 32.3 Å². The Kier molecular flexibility index (Phi) is 6.34. The third-order valence-electron chi connectivity index (χ3n) is 4.01. The summed E-state index contributed by atoms with van der Waals surface area (Å²) in [6.07, 6.45) is 3.59. The summed E-state index contributed by atoms with van der Waals surface area (Å²) in [5.74, 6) is 0.0667. The highest BCUT2D eigenvalue weighted by Crippen LogP contribution is 2.26. The van der Waals surface area contributed by atoms with E-state index in [1.165, 1.54) is 12.8 Å². The van der Waals surface area contributed by atoms with Crippen molar-refractivity contribution in [2.45, 2.75) is 38.6 Å². The van der Waals surface area contributed by atoms with Crippen molar-refractivity contribution in [3.63, 3.8) is 0 Å². The molecular formula is C16H22Cl2N2O. The summed E-state index contributed by atoms with van der Waals surface area (Å²) in [4.78, 5) is 14.4. The van der Waals surface area contributed by atoms with E-state index in [1.54, 1.807) is 6.07 Å². The zero-order valence-electron chi connectivity index (χ0n) is 12.4. The second kappa shape index (κ2) is 8.02. The second-order valence-electron chi connectivity index (χ2n) is 5.61. The van der Waals surface area contributed by atoms with Gasteiger partial charge in [-0.15, -0.1) is 0 Å². The molecule has 1 aromatic rings. The number of nitrogens with one attached hydrogen (secondary N) is 1. The van der Waals surface area contributed by atoms with Gasteiger partial charge in [0.25, 0.3) is 0 Å². The van der Waals surface area contributed by atoms with Crippen molar-refractivity contribution in [1.29, 1.82) is 0 Å². The molecule has 1 fully saturated rings. The van der Waals surface area contributed by atoms with E-state index >= 15 is 0 Å². The van der Waals surface area contributed by atoms with Crippen LogP contribution >= 0.6 is 23.2 Å². The lowest BCUT2D eigenvalue weighted by molar-refractivity contribution is -0.121. The van der Waals surface area contributed by atoms with Gasteiger partial charge in [-0.2, -0.15) is 0 Å². The van der Waals surface area contributed by atoms with E-state index in [0.717, 1.165) is 18.7 Å². The van der Waals surface area contributed by atoms with Crippen molar-refractivity contribution in [2.24, 2.45) is 0 Å². The molecule has 3 nitrogen and oxygen atoms in total. The van der Waals surface area contributed by atoms with Gasteiger partial charge in [0.05, 0.1) is 10.0 Å². The molecule has 1 saturated heterocycles. The number of halogens is 2. The largest absolute Gasteiger partial charge is 0.355 e. The highest BCUT2D eigenvalue weighted by atomic mass is 35.5. The lowest BCUT2D eigenvalue weighted by atomic mass is 10.1. The van der Waals surface area contributed by atoms with Gasteiger partial charge in [0, 0.05) is 19.0 Å². The minimum atomic E-state index is 0.0667. The van der Waals surface area contributed by atoms with Crippen molar-refractivity contribution in [3.8, 4) is 0 Å². The van der Waals surface area contributed by atoms with Crippen LogP contribution in [0.4, 0.5) is 0 Å². The molecule has 5 heteroatoms. The molecule has 1 heterocycles. The molecule has 0 bridgehead atoms. The number of carbonyl (C=O) groups excluding carboxylic acids is 1. The first-order chi connectivity index (χ1) is 10.1. The zero-order chi connectivity index (χ0) is 15.2. The second-order valence-corrected chi connectivity index (χ2v) is 6.39. The molecule has 0 spiro atoms. The number of hydrogen-bond donors (Lipinski definition) is 1. The third kappa shape index (κ3) is 4.87. The number of likely N-dealkylation sites (tertiary alicyclic amines) is 1. The van der Waals surface area contributed by atoms with Gasteiger partial charge in [0.15, 0.2) is 0 Å². The summed E-state index contributed by atoms with van der Waals surface area (Å²) in [6.45, 7) is 5.17. The summed E-state index contributed by atoms with van der Waals surface area (Å²) >= 11 is 12.1. The number of hydrogen-bond acceptors (Lipinski definition) is 2. The average molecular weight is 329 g/mol. The Morgan fingerprint density at radius 1 is 1.33 bits per heavy atom. The molecule has 0 radical (unpaired) electrons. The SMILES string of the molecule is C[C@H](CNC(=O)CCc1cccc(Cl)c1Cl)N1CCCC1. The normalized spacial score (nSPS) is 16.9. The minimum Gasteiger partial charge on any atom is -0.355 e. The van der Waals surface area contributed by atoms with E-state index in [-0.39, 0.29) is 5.91 Å². The van der Waals surface area contributed by atoms with E-state index < -0.39 is 0 Å². The van der Waals surface area contributed by atoms with Gasteiger partial charge in [0.2, 0.25) is 5.91 Å². The van der Waals surface area contributed by atoms with Crippen LogP contribution in [0.2, 0.25) is 10.0 Å². The molecule has 1 amide bonds. The number of amides is 1. The van der Waals surface area contributed by atoms with E-state index in [4.69, 9.17) is 23.2 Å². The van der Waals surface area contributed by atoms with E-state index in [1.807, 2.05) is 12.1 Å². The van der Waals surface area contributed by atoms with Gasteiger partial charge in [0.1, 0.15) is 0 Å². The number of aryl methyl sites for hydroxylation is 1. The molecule has 0 aromatic heterocycles. The average Bonchev–Trinajstić information content (AvgIpc) is 3.00. The van der Waals surface area contributed by atoms with Gasteiger partial charge in [-0.3, -0.25) is 9.69 Å². The Labute approximate surface area is 136 Å². The van der Waals surface area contributed by atoms with Crippen LogP contribution in [0.15, 0.2) is 18.2 Å². The Morgan fingerprint density at radius 2 is 2.05 bits per heavy atom. The summed E-state index contributed by atoms with van der Waals surface area (Å²) < 4.78 is 0.